The number of nitrogens with zero attached hydrogens (tertiary/aromatic N) is 5. The number of carbonyl (C=O) groups is 1. The molecule has 1 atom stereocenters. The number of carbonyl (C=O) groups excluding carboxylic acids is 1. The van der Waals surface area contributed by atoms with E-state index in [4.69, 9.17) is 18.9 Å². The van der Waals surface area contributed by atoms with Crippen LogP contribution in [0.1, 0.15) is 44.9 Å². The molecule has 4 aromatic rings. The maximum absolute atomic E-state index is 14.5. The molecule has 0 N–H and O–H groups in total. The molecule has 42 heavy (non-hydrogen) atoms. The van der Waals surface area contributed by atoms with Crippen molar-refractivity contribution in [1.82, 2.24) is 24.1 Å². The first-order valence-electron chi connectivity index (χ1n) is 13.2. The maximum atomic E-state index is 14.5. The number of thiophene rings is 1. The molecule has 0 radical (unpaired) electrons. The highest BCUT2D eigenvalue weighted by atomic mass is 32.1. The van der Waals surface area contributed by atoms with E-state index in [0.717, 1.165) is 15.9 Å². The lowest BCUT2D eigenvalue weighted by molar-refractivity contribution is -0.157. The number of benzene rings is 1. The molecule has 0 saturated carbocycles. The molecule has 0 saturated heterocycles. The first-order valence-corrected chi connectivity index (χ1v) is 14.0. The Bertz CT molecular complexity index is 1690. The van der Waals surface area contributed by atoms with Crippen molar-refractivity contribution in [2.24, 2.45) is 0 Å². The Hall–Kier alpha value is -3.88. The Morgan fingerprint density at radius 3 is 2.43 bits per heavy atom. The van der Waals surface area contributed by atoms with Crippen LogP contribution in [-0.2, 0) is 31.1 Å². The van der Waals surface area contributed by atoms with E-state index in [1.807, 2.05) is 0 Å². The lowest BCUT2D eigenvalue weighted by Crippen LogP contribution is -2.53. The Balaban J connectivity index is 2.02. The van der Waals surface area contributed by atoms with Crippen molar-refractivity contribution in [3.05, 3.63) is 68.4 Å². The van der Waals surface area contributed by atoms with E-state index >= 15 is 0 Å². The number of hydrogen-bond donors (Lipinski definition) is 0. The van der Waals surface area contributed by atoms with Gasteiger partial charge < -0.3 is 18.9 Å². The summed E-state index contributed by atoms with van der Waals surface area (Å²) in [6, 6.07) is 4.00. The molecular weight excluding hydrogens is 569 g/mol. The molecule has 0 bridgehead atoms. The zero-order chi connectivity index (χ0) is 30.8. The van der Waals surface area contributed by atoms with Crippen LogP contribution in [0.3, 0.4) is 0 Å². The van der Waals surface area contributed by atoms with E-state index in [9.17, 15) is 18.8 Å². The van der Waals surface area contributed by atoms with Crippen molar-refractivity contribution in [3.8, 4) is 10.8 Å². The van der Waals surface area contributed by atoms with Crippen LogP contribution in [0.4, 0.5) is 4.39 Å². The van der Waals surface area contributed by atoms with Crippen LogP contribution in [0.2, 0.25) is 0 Å². The Morgan fingerprint density at radius 2 is 1.81 bits per heavy atom. The molecule has 14 heteroatoms. The molecule has 226 valence electrons. The van der Waals surface area contributed by atoms with Crippen LogP contribution in [0, 0.1) is 12.7 Å². The van der Waals surface area contributed by atoms with Gasteiger partial charge in [-0.3, -0.25) is 9.36 Å². The van der Waals surface area contributed by atoms with E-state index in [2.05, 4.69) is 10.2 Å². The summed E-state index contributed by atoms with van der Waals surface area (Å²) in [7, 11) is 2.96. The molecule has 0 fully saturated rings. The minimum absolute atomic E-state index is 0.122. The number of halogens is 1. The molecule has 3 heterocycles. The smallest absolute Gasteiger partial charge is 0.333 e. The molecule has 0 aliphatic carbocycles. The number of methoxy groups -OCH3 is 2. The fourth-order valence-corrected chi connectivity index (χ4v) is 5.81. The quantitative estimate of drug-likeness (QED) is 0.177. The minimum atomic E-state index is -1.67. The molecular formula is C28H34FN5O7S. The first-order chi connectivity index (χ1) is 19.9. The molecule has 0 unspecified atom stereocenters. The van der Waals surface area contributed by atoms with Crippen LogP contribution in [-0.4, -0.2) is 63.6 Å². The van der Waals surface area contributed by atoms with Crippen molar-refractivity contribution in [3.63, 3.8) is 0 Å². The lowest BCUT2D eigenvalue weighted by Gasteiger charge is -2.28. The van der Waals surface area contributed by atoms with Gasteiger partial charge in [0.05, 0.1) is 50.8 Å². The second kappa shape index (κ2) is 12.5. The van der Waals surface area contributed by atoms with Crippen LogP contribution in [0.25, 0.3) is 15.2 Å². The normalized spacial score (nSPS) is 12.7. The molecule has 0 aliphatic heterocycles. The third kappa shape index (κ3) is 5.87. The van der Waals surface area contributed by atoms with Gasteiger partial charge in [0.25, 0.3) is 5.56 Å². The Labute approximate surface area is 245 Å². The number of rotatable bonds is 12. The van der Waals surface area contributed by atoms with Crippen molar-refractivity contribution in [2.45, 2.75) is 58.9 Å². The van der Waals surface area contributed by atoms with E-state index < -0.39 is 40.8 Å². The third-order valence-corrected chi connectivity index (χ3v) is 7.96. The number of aryl methyl sites for hydroxylation is 1. The number of aromatic nitrogens is 5. The molecule has 0 spiro atoms. The summed E-state index contributed by atoms with van der Waals surface area (Å²) >= 11 is 1.14. The first kappa shape index (κ1) is 31.1. The molecule has 12 nitrogen and oxygen atoms in total. The average Bonchev–Trinajstić information content (AvgIpc) is 3.58. The number of esters is 1. The molecule has 4 rings (SSSR count). The predicted octanol–water partition coefficient (Wildman–Crippen LogP) is 3.35. The number of ether oxygens (including phenoxy) is 4. The average molecular weight is 604 g/mol. The summed E-state index contributed by atoms with van der Waals surface area (Å²) < 4.78 is 38.9. The van der Waals surface area contributed by atoms with Crippen LogP contribution >= 0.6 is 11.3 Å². The Morgan fingerprint density at radius 1 is 1.12 bits per heavy atom. The summed E-state index contributed by atoms with van der Waals surface area (Å²) in [4.78, 5) is 43.2. The largest absolute Gasteiger partial charge is 0.496 e. The van der Waals surface area contributed by atoms with Gasteiger partial charge in [-0.15, -0.1) is 4.80 Å². The van der Waals surface area contributed by atoms with E-state index in [0.29, 0.717) is 26.7 Å². The van der Waals surface area contributed by atoms with Gasteiger partial charge >= 0.3 is 11.7 Å². The molecule has 3 aromatic heterocycles. The summed E-state index contributed by atoms with van der Waals surface area (Å²) in [5.74, 6) is -0.921. The maximum Gasteiger partial charge on any atom is 0.333 e. The highest BCUT2D eigenvalue weighted by molar-refractivity contribution is 7.21. The van der Waals surface area contributed by atoms with E-state index in [1.165, 1.54) is 68.0 Å². The van der Waals surface area contributed by atoms with Gasteiger partial charge in [-0.25, -0.2) is 18.5 Å². The fraction of sp³-hybridized carbons (Fsp3) is 0.464. The van der Waals surface area contributed by atoms with Crippen LogP contribution in [0.15, 0.2) is 40.2 Å². The highest BCUT2D eigenvalue weighted by Gasteiger charge is 2.38. The second-order valence-corrected chi connectivity index (χ2v) is 11.3. The molecule has 0 amide bonds. The minimum Gasteiger partial charge on any atom is -0.496 e. The Kier molecular flexibility index (Phi) is 9.28. The van der Waals surface area contributed by atoms with Crippen molar-refractivity contribution >= 4 is 27.5 Å². The van der Waals surface area contributed by atoms with Gasteiger partial charge in [0.2, 0.25) is 0 Å². The van der Waals surface area contributed by atoms with Gasteiger partial charge in [0, 0.05) is 18.2 Å². The fourth-order valence-electron chi connectivity index (χ4n) is 4.59. The zero-order valence-electron chi connectivity index (χ0n) is 24.5. The molecule has 0 aliphatic rings. The zero-order valence-corrected chi connectivity index (χ0v) is 25.4. The van der Waals surface area contributed by atoms with Crippen molar-refractivity contribution < 1.29 is 28.1 Å². The van der Waals surface area contributed by atoms with E-state index in [-0.39, 0.29) is 25.1 Å². The number of hydrogen-bond acceptors (Lipinski definition) is 10. The number of fused-ring (bicyclic) bond motifs is 1. The molecule has 1 aromatic carbocycles. The second-order valence-electron chi connectivity index (χ2n) is 10.3. The van der Waals surface area contributed by atoms with Gasteiger partial charge in [-0.05, 0) is 52.8 Å². The van der Waals surface area contributed by atoms with Crippen LogP contribution < -0.4 is 16.0 Å². The third-order valence-electron chi connectivity index (χ3n) is 6.68. The van der Waals surface area contributed by atoms with Crippen molar-refractivity contribution in [1.29, 1.82) is 0 Å². The standard InChI is InChI=1S/C28H34FN5O7S/c1-16(2)41-26(36)28(4,5)33-23(35)22-17(3)24(34-30-10-11-31-34)42-25(22)32(27(33)37)15-21(40-13-12-38-6)19-14-18(29)8-9-20(19)39-7/h8-11,14,16,21H,12-13,15H2,1-7H3/t21-/m0/s1. The predicted molar refractivity (Wildman–Crippen MR) is 154 cm³/mol. The van der Waals surface area contributed by atoms with Gasteiger partial charge in [0.1, 0.15) is 33.0 Å². The lowest BCUT2D eigenvalue weighted by atomic mass is 10.0. The summed E-state index contributed by atoms with van der Waals surface area (Å²) in [6.07, 6.45) is 1.61. The van der Waals surface area contributed by atoms with E-state index in [1.54, 1.807) is 20.8 Å². The van der Waals surface area contributed by atoms with Crippen LogP contribution in [0.5, 0.6) is 5.75 Å². The summed E-state index contributed by atoms with van der Waals surface area (Å²) in [5.41, 5.74) is -2.23. The summed E-state index contributed by atoms with van der Waals surface area (Å²) in [5, 5.41) is 9.11. The summed E-state index contributed by atoms with van der Waals surface area (Å²) in [6.45, 7) is 8.20. The van der Waals surface area contributed by atoms with Crippen molar-refractivity contribution in [2.75, 3.05) is 27.4 Å². The highest BCUT2D eigenvalue weighted by Crippen LogP contribution is 2.34. The monoisotopic (exact) mass is 603 g/mol. The van der Waals surface area contributed by atoms with Gasteiger partial charge in [0.15, 0.2) is 0 Å². The van der Waals surface area contributed by atoms with Gasteiger partial charge in [-0.2, -0.15) is 10.2 Å². The SMILES string of the molecule is COCCO[C@@H](Cn1c(=O)n(C(C)(C)C(=O)OC(C)C)c(=O)c2c(C)c(-n3nccn3)sc21)c1cc(F)ccc1OC. The van der Waals surface area contributed by atoms with Gasteiger partial charge in [-0.1, -0.05) is 11.3 Å². The topological polar surface area (TPSA) is 129 Å².